The summed E-state index contributed by atoms with van der Waals surface area (Å²) >= 11 is 0. The van der Waals surface area contributed by atoms with Crippen LogP contribution in [0.15, 0.2) is 78.9 Å². The van der Waals surface area contributed by atoms with Crippen LogP contribution in [0.2, 0.25) is 0 Å². The van der Waals surface area contributed by atoms with E-state index in [-0.39, 0.29) is 49.4 Å². The lowest BCUT2D eigenvalue weighted by molar-refractivity contribution is -0.143. The van der Waals surface area contributed by atoms with Crippen molar-refractivity contribution < 1.29 is 31.1 Å². The second kappa shape index (κ2) is 9.85. The summed E-state index contributed by atoms with van der Waals surface area (Å²) in [6.07, 6.45) is -9.63. The topological polar surface area (TPSA) is 20.3 Å². The smallest absolute Gasteiger partial charge is 0.299 e. The summed E-state index contributed by atoms with van der Waals surface area (Å²) in [5.41, 5.74) is -0.900. The third-order valence-corrected chi connectivity index (χ3v) is 6.32. The van der Waals surface area contributed by atoms with Crippen LogP contribution in [0.3, 0.4) is 0 Å². The highest BCUT2D eigenvalue weighted by atomic mass is 19.4. The highest BCUT2D eigenvalue weighted by Crippen LogP contribution is 2.38. The monoisotopic (exact) mass is 491 g/mol. The summed E-state index contributed by atoms with van der Waals surface area (Å²) < 4.78 is 79.7. The minimum absolute atomic E-state index is 0.0268. The quantitative estimate of drug-likeness (QED) is 0.360. The van der Waals surface area contributed by atoms with Gasteiger partial charge in [0, 0.05) is 37.9 Å². The summed E-state index contributed by atoms with van der Waals surface area (Å²) in [7, 11) is 0. The van der Waals surface area contributed by atoms with E-state index in [1.165, 1.54) is 0 Å². The first kappa shape index (κ1) is 25.0. The summed E-state index contributed by atoms with van der Waals surface area (Å²) in [5, 5.41) is 0. The van der Waals surface area contributed by atoms with Crippen LogP contribution in [-0.2, 0) is 23.7 Å². The van der Waals surface area contributed by atoms with Gasteiger partial charge in [-0.2, -0.15) is 26.3 Å². The molecule has 1 atom stereocenters. The summed E-state index contributed by atoms with van der Waals surface area (Å²) in [6, 6.07) is 20.6. The van der Waals surface area contributed by atoms with Crippen LogP contribution in [0.4, 0.5) is 26.3 Å². The van der Waals surface area contributed by atoms with Gasteiger partial charge >= 0.3 is 12.4 Å². The number of benzene rings is 3. The van der Waals surface area contributed by atoms with E-state index in [2.05, 4.69) is 0 Å². The molecule has 8 heteroatoms. The fourth-order valence-electron chi connectivity index (χ4n) is 4.71. The third kappa shape index (κ3) is 5.93. The van der Waals surface area contributed by atoms with Crippen LogP contribution in [0, 0.1) is 5.92 Å². The zero-order valence-electron chi connectivity index (χ0n) is 18.6. The molecule has 0 N–H and O–H groups in total. The number of carbonyl (C=O) groups is 1. The Bertz CT molecular complexity index is 1090. The highest BCUT2D eigenvalue weighted by Gasteiger charge is 2.38. The molecule has 0 amide bonds. The number of rotatable bonds is 5. The van der Waals surface area contributed by atoms with Crippen LogP contribution < -0.4 is 0 Å². The Hall–Kier alpha value is -3.13. The number of hydrogen-bond acceptors (Lipinski definition) is 2. The molecule has 1 fully saturated rings. The fraction of sp³-hybridized carbons (Fsp3) is 0.296. The van der Waals surface area contributed by atoms with Gasteiger partial charge in [-0.05, 0) is 34.9 Å². The maximum atomic E-state index is 13.3. The molecule has 3 aromatic rings. The number of hydrogen-bond donors (Lipinski definition) is 0. The average Bonchev–Trinajstić information content (AvgIpc) is 2.81. The number of nitrogens with zero attached hydrogens (tertiary/aromatic N) is 1. The third-order valence-electron chi connectivity index (χ3n) is 6.32. The first-order chi connectivity index (χ1) is 16.5. The lowest BCUT2D eigenvalue weighted by Crippen LogP contribution is -2.43. The molecule has 1 saturated heterocycles. The van der Waals surface area contributed by atoms with Crippen LogP contribution in [-0.4, -0.2) is 23.8 Å². The predicted octanol–water partition coefficient (Wildman–Crippen LogP) is 6.95. The minimum Gasteiger partial charge on any atom is -0.299 e. The second-order valence-corrected chi connectivity index (χ2v) is 8.77. The van der Waals surface area contributed by atoms with E-state index < -0.39 is 29.4 Å². The molecule has 0 saturated carbocycles. The van der Waals surface area contributed by atoms with E-state index in [0.29, 0.717) is 0 Å². The molecule has 0 bridgehead atoms. The van der Waals surface area contributed by atoms with Crippen molar-refractivity contribution >= 4 is 5.78 Å². The van der Waals surface area contributed by atoms with Gasteiger partial charge in [-0.25, -0.2) is 0 Å². The minimum atomic E-state index is -4.90. The number of carbonyl (C=O) groups excluding carboxylic acids is 1. The number of likely N-dealkylation sites (tertiary alicyclic amines) is 1. The molecule has 1 heterocycles. The van der Waals surface area contributed by atoms with Crippen molar-refractivity contribution in [3.05, 3.63) is 107 Å². The van der Waals surface area contributed by atoms with Crippen molar-refractivity contribution in [1.29, 1.82) is 0 Å². The summed E-state index contributed by atoms with van der Waals surface area (Å²) in [6.45, 7) is 0.376. The van der Waals surface area contributed by atoms with Gasteiger partial charge in [-0.1, -0.05) is 60.7 Å². The van der Waals surface area contributed by atoms with Crippen molar-refractivity contribution in [1.82, 2.24) is 4.90 Å². The lowest BCUT2D eigenvalue weighted by Gasteiger charge is -2.36. The van der Waals surface area contributed by atoms with E-state index in [1.807, 2.05) is 60.7 Å². The predicted molar refractivity (Wildman–Crippen MR) is 120 cm³/mol. The van der Waals surface area contributed by atoms with E-state index in [1.54, 1.807) is 4.90 Å². The van der Waals surface area contributed by atoms with Gasteiger partial charge in [-0.15, -0.1) is 0 Å². The molecule has 2 nitrogen and oxygen atoms in total. The van der Waals surface area contributed by atoms with Crippen LogP contribution in [0.5, 0.6) is 0 Å². The Morgan fingerprint density at radius 3 is 1.71 bits per heavy atom. The summed E-state index contributed by atoms with van der Waals surface area (Å²) in [5.74, 6) is -0.736. The van der Waals surface area contributed by atoms with Crippen molar-refractivity contribution in [2.24, 2.45) is 5.92 Å². The van der Waals surface area contributed by atoms with Crippen molar-refractivity contribution in [3.63, 3.8) is 0 Å². The van der Waals surface area contributed by atoms with Gasteiger partial charge in [0.2, 0.25) is 0 Å². The van der Waals surface area contributed by atoms with Crippen LogP contribution in [0.1, 0.15) is 40.2 Å². The van der Waals surface area contributed by atoms with E-state index >= 15 is 0 Å². The standard InChI is InChI=1S/C27H23F6NO/c28-26(29,30)21-13-18(14-22(15-21)27(31,32)33)16-34-12-11-24(35)23(17-34)25(19-7-3-1-4-8-19)20-9-5-2-6-10-20/h1-10,13-15,23,25H,11-12,16-17H2. The van der Waals surface area contributed by atoms with Crippen molar-refractivity contribution in [3.8, 4) is 0 Å². The highest BCUT2D eigenvalue weighted by molar-refractivity contribution is 5.83. The fourth-order valence-corrected chi connectivity index (χ4v) is 4.71. The Labute approximate surface area is 199 Å². The number of ketones is 1. The molecule has 0 radical (unpaired) electrons. The Kier molecular flexibility index (Phi) is 7.03. The van der Waals surface area contributed by atoms with Gasteiger partial charge in [0.25, 0.3) is 0 Å². The van der Waals surface area contributed by atoms with Gasteiger partial charge in [0.05, 0.1) is 11.1 Å². The average molecular weight is 491 g/mol. The molecular weight excluding hydrogens is 468 g/mol. The molecule has 0 aromatic heterocycles. The largest absolute Gasteiger partial charge is 0.416 e. The molecule has 3 aromatic carbocycles. The van der Waals surface area contributed by atoms with Crippen molar-refractivity contribution in [2.75, 3.05) is 13.1 Å². The van der Waals surface area contributed by atoms with E-state index in [9.17, 15) is 31.1 Å². The van der Waals surface area contributed by atoms with Gasteiger partial charge in [-0.3, -0.25) is 9.69 Å². The van der Waals surface area contributed by atoms with Crippen LogP contribution >= 0.6 is 0 Å². The molecule has 0 aliphatic carbocycles. The lowest BCUT2D eigenvalue weighted by atomic mass is 9.76. The van der Waals surface area contributed by atoms with E-state index in [0.717, 1.165) is 23.3 Å². The zero-order valence-corrected chi connectivity index (χ0v) is 18.6. The van der Waals surface area contributed by atoms with Gasteiger partial charge < -0.3 is 0 Å². The Morgan fingerprint density at radius 2 is 1.26 bits per heavy atom. The van der Waals surface area contributed by atoms with Crippen molar-refractivity contribution in [2.45, 2.75) is 31.2 Å². The molecule has 1 aliphatic heterocycles. The molecular formula is C27H23F6NO. The van der Waals surface area contributed by atoms with Gasteiger partial charge in [0.15, 0.2) is 0 Å². The number of alkyl halides is 6. The molecule has 1 aliphatic rings. The SMILES string of the molecule is O=C1CCN(Cc2cc(C(F)(F)F)cc(C(F)(F)F)c2)CC1C(c1ccccc1)c1ccccc1. The zero-order chi connectivity index (χ0) is 25.2. The normalized spacial score (nSPS) is 17.7. The molecule has 184 valence electrons. The molecule has 1 unspecified atom stereocenters. The summed E-state index contributed by atoms with van der Waals surface area (Å²) in [4.78, 5) is 14.8. The number of Topliss-reactive ketones (excluding diaryl/α,β-unsaturated/α-hetero) is 1. The number of halogens is 6. The maximum absolute atomic E-state index is 13.3. The molecule has 0 spiro atoms. The second-order valence-electron chi connectivity index (χ2n) is 8.77. The Balaban J connectivity index is 1.65. The number of piperidine rings is 1. The maximum Gasteiger partial charge on any atom is 0.416 e. The molecule has 4 rings (SSSR count). The first-order valence-corrected chi connectivity index (χ1v) is 11.2. The first-order valence-electron chi connectivity index (χ1n) is 11.2. The molecule has 35 heavy (non-hydrogen) atoms. The Morgan fingerprint density at radius 1 is 0.771 bits per heavy atom. The van der Waals surface area contributed by atoms with E-state index in [4.69, 9.17) is 0 Å². The van der Waals surface area contributed by atoms with Crippen LogP contribution in [0.25, 0.3) is 0 Å². The van der Waals surface area contributed by atoms with Gasteiger partial charge in [0.1, 0.15) is 5.78 Å².